The van der Waals surface area contributed by atoms with Crippen LogP contribution < -0.4 is 5.73 Å². The minimum absolute atomic E-state index is 0.410. The Kier molecular flexibility index (Phi) is 3.54. The summed E-state index contributed by atoms with van der Waals surface area (Å²) >= 11 is 12.0. The Bertz CT molecular complexity index is 662. The Hall–Kier alpha value is -1.36. The van der Waals surface area contributed by atoms with Crippen molar-refractivity contribution in [2.75, 3.05) is 0 Å². The summed E-state index contributed by atoms with van der Waals surface area (Å²) in [5, 5.41) is 5.17. The van der Waals surface area contributed by atoms with Gasteiger partial charge in [0.15, 0.2) is 5.82 Å². The molecule has 1 aromatic heterocycles. The van der Waals surface area contributed by atoms with Gasteiger partial charge in [-0.15, -0.1) is 0 Å². The van der Waals surface area contributed by atoms with Crippen molar-refractivity contribution >= 4 is 35.4 Å². The first-order valence-corrected chi connectivity index (χ1v) is 7.09. The van der Waals surface area contributed by atoms with Gasteiger partial charge in [0, 0.05) is 16.1 Å². The standard InChI is InChI=1S/C14H13Cl2N3O/c15-10-3-4-11(16)9(8-10)2-5-12-18-13(19-20-12)14(17)6-1-7-14/h2-5,8H,1,6-7,17H2/b5-2+. The van der Waals surface area contributed by atoms with Gasteiger partial charge in [-0.2, -0.15) is 4.98 Å². The van der Waals surface area contributed by atoms with Gasteiger partial charge in [0.2, 0.25) is 0 Å². The van der Waals surface area contributed by atoms with Crippen molar-refractivity contribution in [3.63, 3.8) is 0 Å². The maximum atomic E-state index is 6.14. The van der Waals surface area contributed by atoms with Crippen LogP contribution in [-0.2, 0) is 5.54 Å². The summed E-state index contributed by atoms with van der Waals surface area (Å²) in [6.07, 6.45) is 6.39. The van der Waals surface area contributed by atoms with Crippen LogP contribution in [-0.4, -0.2) is 10.1 Å². The van der Waals surface area contributed by atoms with Crippen molar-refractivity contribution < 1.29 is 4.52 Å². The number of nitrogens with two attached hydrogens (primary N) is 1. The van der Waals surface area contributed by atoms with Gasteiger partial charge in [0.1, 0.15) is 0 Å². The molecule has 0 bridgehead atoms. The molecule has 20 heavy (non-hydrogen) atoms. The van der Waals surface area contributed by atoms with E-state index < -0.39 is 5.54 Å². The SMILES string of the molecule is NC1(c2noc(/C=C/c3cc(Cl)ccc3Cl)n2)CCC1. The van der Waals surface area contributed by atoms with Crippen LogP contribution in [0.2, 0.25) is 10.0 Å². The second-order valence-electron chi connectivity index (χ2n) is 4.97. The highest BCUT2D eigenvalue weighted by Crippen LogP contribution is 2.37. The Morgan fingerprint density at radius 1 is 1.25 bits per heavy atom. The molecule has 0 atom stereocenters. The van der Waals surface area contributed by atoms with Crippen molar-refractivity contribution in [1.82, 2.24) is 10.1 Å². The minimum Gasteiger partial charge on any atom is -0.335 e. The van der Waals surface area contributed by atoms with Crippen molar-refractivity contribution in [2.24, 2.45) is 5.73 Å². The predicted molar refractivity (Wildman–Crippen MR) is 79.4 cm³/mol. The number of nitrogens with zero attached hydrogens (tertiary/aromatic N) is 2. The van der Waals surface area contributed by atoms with Crippen molar-refractivity contribution in [1.29, 1.82) is 0 Å². The summed E-state index contributed by atoms with van der Waals surface area (Å²) in [7, 11) is 0. The minimum atomic E-state index is -0.413. The predicted octanol–water partition coefficient (Wildman–Crippen LogP) is 3.88. The maximum Gasteiger partial charge on any atom is 0.250 e. The Balaban J connectivity index is 1.81. The highest BCUT2D eigenvalue weighted by Gasteiger charge is 2.38. The molecule has 0 amide bonds. The van der Waals surface area contributed by atoms with Crippen LogP contribution in [0.25, 0.3) is 12.2 Å². The van der Waals surface area contributed by atoms with Crippen LogP contribution >= 0.6 is 23.2 Å². The van der Waals surface area contributed by atoms with Crippen LogP contribution in [0.4, 0.5) is 0 Å². The van der Waals surface area contributed by atoms with Crippen molar-refractivity contribution in [3.8, 4) is 0 Å². The van der Waals surface area contributed by atoms with Gasteiger partial charge in [0.25, 0.3) is 5.89 Å². The summed E-state index contributed by atoms with van der Waals surface area (Å²) in [5.74, 6) is 0.980. The normalized spacial score (nSPS) is 17.4. The lowest BCUT2D eigenvalue weighted by Crippen LogP contribution is -2.44. The van der Waals surface area contributed by atoms with Crippen LogP contribution in [0.3, 0.4) is 0 Å². The molecule has 1 aliphatic rings. The first-order valence-electron chi connectivity index (χ1n) is 6.33. The summed E-state index contributed by atoms with van der Waals surface area (Å²) in [6, 6.07) is 5.25. The second kappa shape index (κ2) is 5.20. The van der Waals surface area contributed by atoms with E-state index in [0.717, 1.165) is 24.8 Å². The summed E-state index contributed by atoms with van der Waals surface area (Å²) in [6.45, 7) is 0. The Morgan fingerprint density at radius 3 is 2.75 bits per heavy atom. The van der Waals surface area contributed by atoms with Crippen molar-refractivity contribution in [2.45, 2.75) is 24.8 Å². The number of hydrogen-bond acceptors (Lipinski definition) is 4. The van der Waals surface area contributed by atoms with Gasteiger partial charge in [-0.05, 0) is 49.1 Å². The van der Waals surface area contributed by atoms with Gasteiger partial charge >= 0.3 is 0 Å². The molecule has 104 valence electrons. The third-order valence-corrected chi connectivity index (χ3v) is 4.08. The third-order valence-electron chi connectivity index (χ3n) is 3.50. The number of hydrogen-bond donors (Lipinski definition) is 1. The largest absolute Gasteiger partial charge is 0.335 e. The lowest BCUT2D eigenvalue weighted by atomic mass is 9.77. The molecule has 6 heteroatoms. The number of aromatic nitrogens is 2. The van der Waals surface area contributed by atoms with E-state index >= 15 is 0 Å². The van der Waals surface area contributed by atoms with E-state index in [1.807, 2.05) is 0 Å². The smallest absolute Gasteiger partial charge is 0.250 e. The van der Waals surface area contributed by atoms with E-state index in [0.29, 0.717) is 21.8 Å². The van der Waals surface area contributed by atoms with Crippen LogP contribution in [0.5, 0.6) is 0 Å². The first kappa shape index (κ1) is 13.6. The summed E-state index contributed by atoms with van der Waals surface area (Å²) in [4.78, 5) is 4.31. The third kappa shape index (κ3) is 2.59. The van der Waals surface area contributed by atoms with Crippen LogP contribution in [0, 0.1) is 0 Å². The maximum absolute atomic E-state index is 6.14. The van der Waals surface area contributed by atoms with E-state index in [-0.39, 0.29) is 0 Å². The van der Waals surface area contributed by atoms with E-state index in [9.17, 15) is 0 Å². The first-order chi connectivity index (χ1) is 9.57. The molecule has 2 aromatic rings. The molecule has 1 saturated carbocycles. The lowest BCUT2D eigenvalue weighted by Gasteiger charge is -2.34. The zero-order valence-corrected chi connectivity index (χ0v) is 12.2. The fourth-order valence-corrected chi connectivity index (χ4v) is 2.45. The second-order valence-corrected chi connectivity index (χ2v) is 5.81. The highest BCUT2D eigenvalue weighted by atomic mass is 35.5. The molecule has 1 aromatic carbocycles. The highest BCUT2D eigenvalue weighted by molar-refractivity contribution is 6.34. The number of halogens is 2. The molecular formula is C14H13Cl2N3O. The molecule has 4 nitrogen and oxygen atoms in total. The molecule has 0 spiro atoms. The van der Waals surface area contributed by atoms with Crippen LogP contribution in [0.15, 0.2) is 22.7 Å². The molecule has 1 heterocycles. The average molecular weight is 310 g/mol. The zero-order chi connectivity index (χ0) is 14.2. The number of rotatable bonds is 3. The van der Waals surface area contributed by atoms with Crippen molar-refractivity contribution in [3.05, 3.63) is 45.5 Å². The van der Waals surface area contributed by atoms with Gasteiger partial charge in [0.05, 0.1) is 5.54 Å². The van der Waals surface area contributed by atoms with E-state index in [1.54, 1.807) is 30.4 Å². The van der Waals surface area contributed by atoms with E-state index in [2.05, 4.69) is 10.1 Å². The van der Waals surface area contributed by atoms with Crippen LogP contribution in [0.1, 0.15) is 36.5 Å². The van der Waals surface area contributed by atoms with Gasteiger partial charge in [-0.1, -0.05) is 28.4 Å². The number of benzene rings is 1. The molecular weight excluding hydrogens is 297 g/mol. The molecule has 0 radical (unpaired) electrons. The van der Waals surface area contributed by atoms with Gasteiger partial charge < -0.3 is 10.3 Å². The molecule has 2 N–H and O–H groups in total. The summed E-state index contributed by atoms with van der Waals surface area (Å²) in [5.41, 5.74) is 6.52. The van der Waals surface area contributed by atoms with E-state index in [4.69, 9.17) is 33.5 Å². The summed E-state index contributed by atoms with van der Waals surface area (Å²) < 4.78 is 5.17. The Morgan fingerprint density at radius 2 is 2.05 bits per heavy atom. The molecule has 1 aliphatic carbocycles. The molecule has 1 fully saturated rings. The zero-order valence-electron chi connectivity index (χ0n) is 10.6. The lowest BCUT2D eigenvalue weighted by molar-refractivity contribution is 0.229. The average Bonchev–Trinajstić information content (AvgIpc) is 2.86. The fourth-order valence-electron chi connectivity index (χ4n) is 2.09. The monoisotopic (exact) mass is 309 g/mol. The van der Waals surface area contributed by atoms with E-state index in [1.165, 1.54) is 0 Å². The molecule has 0 unspecified atom stereocenters. The molecule has 3 rings (SSSR count). The van der Waals surface area contributed by atoms with Gasteiger partial charge in [-0.25, -0.2) is 0 Å². The van der Waals surface area contributed by atoms with Gasteiger partial charge in [-0.3, -0.25) is 0 Å². The Labute approximate surface area is 126 Å². The topological polar surface area (TPSA) is 64.9 Å². The fraction of sp³-hybridized carbons (Fsp3) is 0.286. The molecule has 0 aliphatic heterocycles. The quantitative estimate of drug-likeness (QED) is 0.934. The molecule has 0 saturated heterocycles.